The minimum absolute atomic E-state index is 0.195. The average molecular weight is 296 g/mol. The largest absolute Gasteiger partial charge is 0.354 e. The van der Waals surface area contributed by atoms with Crippen LogP contribution in [0.4, 0.5) is 0 Å². The summed E-state index contributed by atoms with van der Waals surface area (Å²) in [7, 11) is 2.16. The van der Waals surface area contributed by atoms with E-state index < -0.39 is 0 Å². The predicted octanol–water partition coefficient (Wildman–Crippen LogP) is 0.649. The molecule has 3 N–H and O–H groups in total. The van der Waals surface area contributed by atoms with Gasteiger partial charge in [-0.1, -0.05) is 25.7 Å². The molecule has 2 fully saturated rings. The first-order valence-electron chi connectivity index (χ1n) is 8.55. The zero-order chi connectivity index (χ0) is 15.1. The molecule has 0 aromatic carbocycles. The van der Waals surface area contributed by atoms with Crippen LogP contribution in [0.5, 0.6) is 0 Å². The summed E-state index contributed by atoms with van der Waals surface area (Å²) in [5.41, 5.74) is 5.67. The topological polar surface area (TPSA) is 61.6 Å². The van der Waals surface area contributed by atoms with Gasteiger partial charge in [0.2, 0.25) is 5.91 Å². The molecule has 0 atom stereocenters. The van der Waals surface area contributed by atoms with Gasteiger partial charge < -0.3 is 16.0 Å². The number of nitrogens with one attached hydrogen (secondary N) is 1. The molecule has 2 rings (SSSR count). The number of hydrogen-bond donors (Lipinski definition) is 2. The second-order valence-corrected chi connectivity index (χ2v) is 6.80. The van der Waals surface area contributed by atoms with Gasteiger partial charge in [0.1, 0.15) is 0 Å². The summed E-state index contributed by atoms with van der Waals surface area (Å²) in [6.07, 6.45) is 6.70. The standard InChI is InChI=1S/C16H32N4O/c1-19-10-12-20(13-11-19)9-8-18-15(21)16(14-17)6-4-2-3-5-7-16/h2-14,17H2,1H3,(H,18,21). The minimum atomic E-state index is -0.293. The molecule has 5 heteroatoms. The lowest BCUT2D eigenvalue weighted by Crippen LogP contribution is -2.50. The van der Waals surface area contributed by atoms with Crippen LogP contribution in [0.1, 0.15) is 38.5 Å². The Labute approximate surface area is 129 Å². The molecule has 1 aliphatic carbocycles. The number of amides is 1. The third-order valence-corrected chi connectivity index (χ3v) is 5.24. The van der Waals surface area contributed by atoms with Crippen molar-refractivity contribution in [1.29, 1.82) is 0 Å². The van der Waals surface area contributed by atoms with E-state index in [4.69, 9.17) is 5.73 Å². The van der Waals surface area contributed by atoms with Crippen LogP contribution in [-0.2, 0) is 4.79 Å². The van der Waals surface area contributed by atoms with Crippen molar-refractivity contribution in [2.24, 2.45) is 11.1 Å². The van der Waals surface area contributed by atoms with Gasteiger partial charge in [0, 0.05) is 45.8 Å². The van der Waals surface area contributed by atoms with E-state index in [0.717, 1.165) is 65.0 Å². The van der Waals surface area contributed by atoms with Crippen LogP contribution >= 0.6 is 0 Å². The molecule has 0 aromatic rings. The summed E-state index contributed by atoms with van der Waals surface area (Å²) >= 11 is 0. The number of nitrogens with zero attached hydrogens (tertiary/aromatic N) is 2. The van der Waals surface area contributed by atoms with Crippen molar-refractivity contribution in [2.75, 3.05) is 52.9 Å². The summed E-state index contributed by atoms with van der Waals surface area (Å²) in [6.45, 7) is 6.67. The van der Waals surface area contributed by atoms with Gasteiger partial charge >= 0.3 is 0 Å². The Morgan fingerprint density at radius 3 is 2.29 bits per heavy atom. The van der Waals surface area contributed by atoms with E-state index in [-0.39, 0.29) is 11.3 Å². The molecule has 21 heavy (non-hydrogen) atoms. The highest BCUT2D eigenvalue weighted by atomic mass is 16.2. The Kier molecular flexibility index (Phi) is 6.45. The first kappa shape index (κ1) is 16.7. The molecular formula is C16H32N4O. The van der Waals surface area contributed by atoms with E-state index in [0.29, 0.717) is 6.54 Å². The second-order valence-electron chi connectivity index (χ2n) is 6.80. The van der Waals surface area contributed by atoms with Crippen molar-refractivity contribution in [2.45, 2.75) is 38.5 Å². The zero-order valence-corrected chi connectivity index (χ0v) is 13.6. The van der Waals surface area contributed by atoms with E-state index in [1.165, 1.54) is 12.8 Å². The van der Waals surface area contributed by atoms with Crippen LogP contribution in [0.3, 0.4) is 0 Å². The van der Waals surface area contributed by atoms with Crippen molar-refractivity contribution in [3.63, 3.8) is 0 Å². The Bertz CT molecular complexity index is 318. The van der Waals surface area contributed by atoms with E-state index in [2.05, 4.69) is 22.2 Å². The van der Waals surface area contributed by atoms with E-state index in [1.807, 2.05) is 0 Å². The molecule has 1 saturated carbocycles. The molecule has 0 aromatic heterocycles. The van der Waals surface area contributed by atoms with Gasteiger partial charge in [-0.2, -0.15) is 0 Å². The van der Waals surface area contributed by atoms with Crippen molar-refractivity contribution in [3.05, 3.63) is 0 Å². The first-order valence-corrected chi connectivity index (χ1v) is 8.55. The minimum Gasteiger partial charge on any atom is -0.354 e. The Morgan fingerprint density at radius 1 is 1.10 bits per heavy atom. The fourth-order valence-corrected chi connectivity index (χ4v) is 3.52. The molecule has 1 amide bonds. The smallest absolute Gasteiger partial charge is 0.227 e. The Morgan fingerprint density at radius 2 is 1.71 bits per heavy atom. The quantitative estimate of drug-likeness (QED) is 0.731. The van der Waals surface area contributed by atoms with Gasteiger partial charge in [-0.25, -0.2) is 0 Å². The monoisotopic (exact) mass is 296 g/mol. The van der Waals surface area contributed by atoms with Gasteiger partial charge in [-0.15, -0.1) is 0 Å². The highest BCUT2D eigenvalue weighted by Crippen LogP contribution is 2.34. The van der Waals surface area contributed by atoms with Crippen molar-refractivity contribution < 1.29 is 4.79 Å². The number of carbonyl (C=O) groups excluding carboxylic acids is 1. The molecule has 0 radical (unpaired) electrons. The third-order valence-electron chi connectivity index (χ3n) is 5.24. The Balaban J connectivity index is 1.74. The van der Waals surface area contributed by atoms with Gasteiger partial charge in [-0.3, -0.25) is 9.69 Å². The van der Waals surface area contributed by atoms with Gasteiger partial charge in [0.25, 0.3) is 0 Å². The van der Waals surface area contributed by atoms with E-state index >= 15 is 0 Å². The number of piperazine rings is 1. The summed E-state index contributed by atoms with van der Waals surface area (Å²) in [5.74, 6) is 0.195. The number of carbonyl (C=O) groups is 1. The molecular weight excluding hydrogens is 264 g/mol. The fourth-order valence-electron chi connectivity index (χ4n) is 3.52. The van der Waals surface area contributed by atoms with Crippen LogP contribution < -0.4 is 11.1 Å². The van der Waals surface area contributed by atoms with Gasteiger partial charge in [-0.05, 0) is 19.9 Å². The predicted molar refractivity (Wildman–Crippen MR) is 86.1 cm³/mol. The van der Waals surface area contributed by atoms with Crippen LogP contribution in [-0.4, -0.2) is 68.6 Å². The lowest BCUT2D eigenvalue weighted by molar-refractivity contribution is -0.131. The van der Waals surface area contributed by atoms with Gasteiger partial charge in [0.15, 0.2) is 0 Å². The van der Waals surface area contributed by atoms with E-state index in [1.54, 1.807) is 0 Å². The molecule has 0 bridgehead atoms. The molecule has 1 heterocycles. The molecule has 2 aliphatic rings. The molecule has 1 saturated heterocycles. The molecule has 1 aliphatic heterocycles. The lowest BCUT2D eigenvalue weighted by Gasteiger charge is -2.33. The molecule has 0 unspecified atom stereocenters. The fraction of sp³-hybridized carbons (Fsp3) is 0.938. The average Bonchev–Trinajstić information content (AvgIpc) is 2.75. The second kappa shape index (κ2) is 8.11. The zero-order valence-electron chi connectivity index (χ0n) is 13.6. The maximum Gasteiger partial charge on any atom is 0.227 e. The van der Waals surface area contributed by atoms with Crippen LogP contribution in [0.15, 0.2) is 0 Å². The SMILES string of the molecule is CN1CCN(CCNC(=O)C2(CN)CCCCCC2)CC1. The number of nitrogens with two attached hydrogens (primary N) is 1. The normalized spacial score (nSPS) is 24.5. The lowest BCUT2D eigenvalue weighted by atomic mass is 9.79. The van der Waals surface area contributed by atoms with Crippen LogP contribution in [0, 0.1) is 5.41 Å². The molecule has 0 spiro atoms. The van der Waals surface area contributed by atoms with E-state index in [9.17, 15) is 4.79 Å². The van der Waals surface area contributed by atoms with Crippen molar-refractivity contribution in [1.82, 2.24) is 15.1 Å². The summed E-state index contributed by atoms with van der Waals surface area (Å²) in [6, 6.07) is 0. The first-order chi connectivity index (χ1) is 10.2. The number of rotatable bonds is 5. The summed E-state index contributed by atoms with van der Waals surface area (Å²) < 4.78 is 0. The van der Waals surface area contributed by atoms with Crippen LogP contribution in [0.25, 0.3) is 0 Å². The summed E-state index contributed by atoms with van der Waals surface area (Å²) in [5, 5.41) is 3.16. The summed E-state index contributed by atoms with van der Waals surface area (Å²) in [4.78, 5) is 17.4. The molecule has 5 nitrogen and oxygen atoms in total. The Hall–Kier alpha value is -0.650. The van der Waals surface area contributed by atoms with Crippen molar-refractivity contribution in [3.8, 4) is 0 Å². The highest BCUT2D eigenvalue weighted by Gasteiger charge is 2.36. The molecule has 122 valence electrons. The highest BCUT2D eigenvalue weighted by molar-refractivity contribution is 5.82. The maximum absolute atomic E-state index is 12.6. The van der Waals surface area contributed by atoms with Crippen LogP contribution in [0.2, 0.25) is 0 Å². The number of likely N-dealkylation sites (N-methyl/N-ethyl adjacent to an activating group) is 1. The maximum atomic E-state index is 12.6. The van der Waals surface area contributed by atoms with Gasteiger partial charge in [0.05, 0.1) is 5.41 Å². The number of hydrogen-bond acceptors (Lipinski definition) is 4. The van der Waals surface area contributed by atoms with Crippen molar-refractivity contribution >= 4 is 5.91 Å². The third kappa shape index (κ3) is 4.66.